The molecule has 0 aromatic heterocycles. The van der Waals surface area contributed by atoms with Crippen LogP contribution in [-0.4, -0.2) is 29.7 Å². The molecule has 0 aliphatic carbocycles. The SMILES string of the molecule is CC(C)C#CC1CCN(C(=O)CC(=O)C(C)C)CC1. The van der Waals surface area contributed by atoms with Gasteiger partial charge in [0.25, 0.3) is 0 Å². The molecule has 3 nitrogen and oxygen atoms in total. The average molecular weight is 263 g/mol. The number of likely N-dealkylation sites (tertiary alicyclic amines) is 1. The maximum absolute atomic E-state index is 12.0. The molecule has 1 amide bonds. The molecule has 0 spiro atoms. The third-order valence-corrected chi connectivity index (χ3v) is 3.39. The van der Waals surface area contributed by atoms with Crippen LogP contribution in [0.5, 0.6) is 0 Å². The first-order valence-corrected chi connectivity index (χ1v) is 7.21. The molecule has 0 saturated carbocycles. The van der Waals surface area contributed by atoms with Crippen molar-refractivity contribution in [2.45, 2.75) is 47.0 Å². The van der Waals surface area contributed by atoms with Gasteiger partial charge >= 0.3 is 0 Å². The van der Waals surface area contributed by atoms with Crippen LogP contribution in [0.3, 0.4) is 0 Å². The molecule has 3 heteroatoms. The highest BCUT2D eigenvalue weighted by molar-refractivity contribution is 5.98. The van der Waals surface area contributed by atoms with E-state index in [1.54, 1.807) is 0 Å². The summed E-state index contributed by atoms with van der Waals surface area (Å²) in [5.74, 6) is 7.26. The zero-order chi connectivity index (χ0) is 14.4. The largest absolute Gasteiger partial charge is 0.342 e. The van der Waals surface area contributed by atoms with Crippen molar-refractivity contribution in [3.8, 4) is 11.8 Å². The molecule has 0 aromatic rings. The fraction of sp³-hybridized carbons (Fsp3) is 0.750. The summed E-state index contributed by atoms with van der Waals surface area (Å²) in [6.45, 7) is 9.32. The van der Waals surface area contributed by atoms with Crippen molar-refractivity contribution in [1.29, 1.82) is 0 Å². The van der Waals surface area contributed by atoms with Gasteiger partial charge < -0.3 is 4.90 Å². The molecule has 0 atom stereocenters. The van der Waals surface area contributed by atoms with Gasteiger partial charge in [-0.2, -0.15) is 0 Å². The lowest BCUT2D eigenvalue weighted by Gasteiger charge is -2.30. The smallest absolute Gasteiger partial charge is 0.230 e. The molecule has 1 saturated heterocycles. The van der Waals surface area contributed by atoms with E-state index in [4.69, 9.17) is 0 Å². The van der Waals surface area contributed by atoms with Gasteiger partial charge in [0.05, 0.1) is 6.42 Å². The summed E-state index contributed by atoms with van der Waals surface area (Å²) in [7, 11) is 0. The quantitative estimate of drug-likeness (QED) is 0.579. The number of hydrogen-bond donors (Lipinski definition) is 0. The Hall–Kier alpha value is -1.30. The van der Waals surface area contributed by atoms with Crippen molar-refractivity contribution < 1.29 is 9.59 Å². The maximum Gasteiger partial charge on any atom is 0.230 e. The Balaban J connectivity index is 2.40. The standard InChI is InChI=1S/C16H25NO2/c1-12(2)5-6-14-7-9-17(10-8-14)16(19)11-15(18)13(3)4/h12-14H,7-11H2,1-4H3. The molecule has 0 N–H and O–H groups in total. The highest BCUT2D eigenvalue weighted by atomic mass is 16.2. The first-order chi connectivity index (χ1) is 8.90. The highest BCUT2D eigenvalue weighted by Crippen LogP contribution is 2.17. The van der Waals surface area contributed by atoms with E-state index < -0.39 is 0 Å². The minimum Gasteiger partial charge on any atom is -0.342 e. The Labute approximate surface area is 116 Å². The van der Waals surface area contributed by atoms with Crippen LogP contribution >= 0.6 is 0 Å². The summed E-state index contributed by atoms with van der Waals surface area (Å²) >= 11 is 0. The van der Waals surface area contributed by atoms with Crippen molar-refractivity contribution in [2.24, 2.45) is 17.8 Å². The second-order valence-corrected chi connectivity index (χ2v) is 5.90. The molecule has 19 heavy (non-hydrogen) atoms. The van der Waals surface area contributed by atoms with Crippen LogP contribution in [0.2, 0.25) is 0 Å². The van der Waals surface area contributed by atoms with Crippen LogP contribution in [0, 0.1) is 29.6 Å². The average Bonchev–Trinajstić information content (AvgIpc) is 2.36. The van der Waals surface area contributed by atoms with Crippen molar-refractivity contribution >= 4 is 11.7 Å². The minimum atomic E-state index is -0.0570. The van der Waals surface area contributed by atoms with E-state index in [0.717, 1.165) is 25.9 Å². The van der Waals surface area contributed by atoms with Crippen molar-refractivity contribution in [3.05, 3.63) is 0 Å². The van der Waals surface area contributed by atoms with E-state index in [1.807, 2.05) is 18.7 Å². The molecule has 0 unspecified atom stereocenters. The number of amides is 1. The number of carbonyl (C=O) groups excluding carboxylic acids is 2. The molecule has 1 aliphatic heterocycles. The van der Waals surface area contributed by atoms with E-state index in [1.165, 1.54) is 0 Å². The topological polar surface area (TPSA) is 37.4 Å². The zero-order valence-corrected chi connectivity index (χ0v) is 12.5. The van der Waals surface area contributed by atoms with E-state index in [2.05, 4.69) is 25.7 Å². The van der Waals surface area contributed by atoms with Gasteiger partial charge in [0.15, 0.2) is 0 Å². The third-order valence-electron chi connectivity index (χ3n) is 3.39. The van der Waals surface area contributed by atoms with Crippen LogP contribution in [0.15, 0.2) is 0 Å². The van der Waals surface area contributed by atoms with Crippen LogP contribution in [0.1, 0.15) is 47.0 Å². The number of ketones is 1. The van der Waals surface area contributed by atoms with Crippen molar-refractivity contribution in [3.63, 3.8) is 0 Å². The minimum absolute atomic E-state index is 0.0195. The number of carbonyl (C=O) groups is 2. The van der Waals surface area contributed by atoms with Gasteiger partial charge in [-0.25, -0.2) is 0 Å². The zero-order valence-electron chi connectivity index (χ0n) is 12.5. The monoisotopic (exact) mass is 263 g/mol. The summed E-state index contributed by atoms with van der Waals surface area (Å²) in [5, 5.41) is 0. The summed E-state index contributed by atoms with van der Waals surface area (Å²) < 4.78 is 0. The first-order valence-electron chi connectivity index (χ1n) is 7.21. The Morgan fingerprint density at radius 1 is 1.16 bits per heavy atom. The Morgan fingerprint density at radius 2 is 1.74 bits per heavy atom. The Morgan fingerprint density at radius 3 is 2.21 bits per heavy atom. The van der Waals surface area contributed by atoms with Crippen LogP contribution in [0.4, 0.5) is 0 Å². The lowest BCUT2D eigenvalue weighted by atomic mass is 9.96. The molecular weight excluding hydrogens is 238 g/mol. The predicted molar refractivity (Wildman–Crippen MR) is 76.4 cm³/mol. The summed E-state index contributed by atoms with van der Waals surface area (Å²) in [6.07, 6.45) is 1.92. The van der Waals surface area contributed by atoms with Crippen molar-refractivity contribution in [1.82, 2.24) is 4.90 Å². The van der Waals surface area contributed by atoms with E-state index in [-0.39, 0.29) is 24.0 Å². The Bertz CT molecular complexity index is 379. The van der Waals surface area contributed by atoms with E-state index >= 15 is 0 Å². The van der Waals surface area contributed by atoms with Crippen molar-refractivity contribution in [2.75, 3.05) is 13.1 Å². The van der Waals surface area contributed by atoms with Gasteiger partial charge in [0.2, 0.25) is 5.91 Å². The molecule has 106 valence electrons. The van der Waals surface area contributed by atoms with Crippen LogP contribution < -0.4 is 0 Å². The molecular formula is C16H25NO2. The van der Waals surface area contributed by atoms with Crippen LogP contribution in [0.25, 0.3) is 0 Å². The van der Waals surface area contributed by atoms with Gasteiger partial charge in [-0.1, -0.05) is 33.6 Å². The molecule has 0 bridgehead atoms. The molecule has 1 fully saturated rings. The molecule has 1 heterocycles. The number of nitrogens with zero attached hydrogens (tertiary/aromatic N) is 1. The summed E-state index contributed by atoms with van der Waals surface area (Å²) in [6, 6.07) is 0. The normalized spacial score (nSPS) is 16.4. The lowest BCUT2D eigenvalue weighted by molar-refractivity contribution is -0.137. The summed E-state index contributed by atoms with van der Waals surface area (Å²) in [4.78, 5) is 25.3. The fourth-order valence-electron chi connectivity index (χ4n) is 2.02. The van der Waals surface area contributed by atoms with E-state index in [9.17, 15) is 9.59 Å². The number of piperidine rings is 1. The second kappa shape index (κ2) is 7.33. The predicted octanol–water partition coefficient (Wildman–Crippen LogP) is 2.50. The molecule has 0 radical (unpaired) electrons. The molecule has 1 aliphatic rings. The van der Waals surface area contributed by atoms with E-state index in [0.29, 0.717) is 11.8 Å². The van der Waals surface area contributed by atoms with Gasteiger partial charge in [0, 0.05) is 30.8 Å². The fourth-order valence-corrected chi connectivity index (χ4v) is 2.02. The highest BCUT2D eigenvalue weighted by Gasteiger charge is 2.23. The number of Topliss-reactive ketones (excluding diaryl/α,β-unsaturated/α-hetero) is 1. The van der Waals surface area contributed by atoms with Gasteiger partial charge in [-0.15, -0.1) is 5.92 Å². The van der Waals surface area contributed by atoms with Gasteiger partial charge in [0.1, 0.15) is 5.78 Å². The first kappa shape index (κ1) is 15.8. The third kappa shape index (κ3) is 5.46. The second-order valence-electron chi connectivity index (χ2n) is 5.90. The molecule has 0 aromatic carbocycles. The summed E-state index contributed by atoms with van der Waals surface area (Å²) in [5.41, 5.74) is 0. The maximum atomic E-state index is 12.0. The Kier molecular flexibility index (Phi) is 6.08. The van der Waals surface area contributed by atoms with Gasteiger partial charge in [-0.3, -0.25) is 9.59 Å². The number of hydrogen-bond acceptors (Lipinski definition) is 2. The van der Waals surface area contributed by atoms with Crippen LogP contribution in [-0.2, 0) is 9.59 Å². The lowest BCUT2D eigenvalue weighted by Crippen LogP contribution is -2.39. The molecule has 1 rings (SSSR count). The number of rotatable bonds is 3. The van der Waals surface area contributed by atoms with Gasteiger partial charge in [-0.05, 0) is 12.8 Å².